The van der Waals surface area contributed by atoms with E-state index in [4.69, 9.17) is 10.8 Å². The van der Waals surface area contributed by atoms with Crippen molar-refractivity contribution in [1.29, 1.82) is 0 Å². The van der Waals surface area contributed by atoms with Gasteiger partial charge in [-0.15, -0.1) is 0 Å². The summed E-state index contributed by atoms with van der Waals surface area (Å²) in [6.45, 7) is 2.10. The Labute approximate surface area is 108 Å². The Hall–Kier alpha value is -1.93. The lowest BCUT2D eigenvalue weighted by Gasteiger charge is -2.26. The van der Waals surface area contributed by atoms with Crippen LogP contribution in [0.2, 0.25) is 0 Å². The highest BCUT2D eigenvalue weighted by Gasteiger charge is 2.25. The number of aromatic amines is 1. The van der Waals surface area contributed by atoms with Crippen molar-refractivity contribution >= 4 is 17.1 Å². The molecule has 2 aromatic heterocycles. The first-order chi connectivity index (χ1) is 8.99. The molecule has 0 aliphatic heterocycles. The SMILES string of the molecule is C[C@@](CO)(CCO)Cn1cnc2c(=O)[nH]c(N)nc21. The Morgan fingerprint density at radius 2 is 2.26 bits per heavy atom. The molecular weight excluding hydrogens is 250 g/mol. The first-order valence-corrected chi connectivity index (χ1v) is 5.91. The molecule has 0 saturated heterocycles. The number of fused-ring (bicyclic) bond motifs is 1. The van der Waals surface area contributed by atoms with Crippen molar-refractivity contribution in [3.63, 3.8) is 0 Å². The third-order valence-electron chi connectivity index (χ3n) is 3.14. The number of aromatic nitrogens is 4. The standard InChI is InChI=1S/C11H17N5O3/c1-11(5-18,2-3-17)4-16-6-13-7-8(16)14-10(12)15-9(7)19/h6,17-18H,2-5H2,1H3,(H3,12,14,15,19)/t11-/m1/s1. The lowest BCUT2D eigenvalue weighted by atomic mass is 9.88. The topological polar surface area (TPSA) is 130 Å². The summed E-state index contributed by atoms with van der Waals surface area (Å²) < 4.78 is 1.66. The summed E-state index contributed by atoms with van der Waals surface area (Å²) in [6.07, 6.45) is 1.92. The molecule has 1 atom stereocenters. The van der Waals surface area contributed by atoms with Crippen LogP contribution in [0.4, 0.5) is 5.95 Å². The van der Waals surface area contributed by atoms with Gasteiger partial charge in [-0.1, -0.05) is 6.92 Å². The van der Waals surface area contributed by atoms with Crippen LogP contribution < -0.4 is 11.3 Å². The molecule has 0 fully saturated rings. The van der Waals surface area contributed by atoms with E-state index in [0.717, 1.165) is 0 Å². The minimum absolute atomic E-state index is 0.0205. The highest BCUT2D eigenvalue weighted by molar-refractivity contribution is 5.70. The quantitative estimate of drug-likeness (QED) is 0.554. The van der Waals surface area contributed by atoms with Crippen molar-refractivity contribution in [3.8, 4) is 0 Å². The van der Waals surface area contributed by atoms with Gasteiger partial charge in [-0.2, -0.15) is 4.98 Å². The Balaban J connectivity index is 2.44. The van der Waals surface area contributed by atoms with Crippen molar-refractivity contribution in [2.75, 3.05) is 18.9 Å². The maximum absolute atomic E-state index is 11.6. The molecule has 8 heteroatoms. The van der Waals surface area contributed by atoms with E-state index >= 15 is 0 Å². The third-order valence-corrected chi connectivity index (χ3v) is 3.14. The molecule has 2 rings (SSSR count). The molecule has 0 spiro atoms. The van der Waals surface area contributed by atoms with E-state index in [1.807, 2.05) is 6.92 Å². The van der Waals surface area contributed by atoms with Gasteiger partial charge in [-0.05, 0) is 6.42 Å². The fraction of sp³-hybridized carbons (Fsp3) is 0.545. The summed E-state index contributed by atoms with van der Waals surface area (Å²) in [5.74, 6) is 0.0205. The highest BCUT2D eigenvalue weighted by Crippen LogP contribution is 2.24. The molecule has 0 saturated carbocycles. The Kier molecular flexibility index (Phi) is 3.54. The molecule has 19 heavy (non-hydrogen) atoms. The number of hydrogen-bond acceptors (Lipinski definition) is 6. The van der Waals surface area contributed by atoms with Crippen LogP contribution >= 0.6 is 0 Å². The van der Waals surface area contributed by atoms with E-state index in [2.05, 4.69) is 15.0 Å². The summed E-state index contributed by atoms with van der Waals surface area (Å²) in [7, 11) is 0. The third kappa shape index (κ3) is 2.59. The van der Waals surface area contributed by atoms with Gasteiger partial charge in [0.25, 0.3) is 5.56 Å². The Morgan fingerprint density at radius 1 is 1.53 bits per heavy atom. The fourth-order valence-electron chi connectivity index (χ4n) is 1.98. The minimum atomic E-state index is -0.512. The number of H-pyrrole nitrogens is 1. The zero-order valence-corrected chi connectivity index (χ0v) is 10.6. The molecule has 0 amide bonds. The monoisotopic (exact) mass is 267 g/mol. The Bertz CT molecular complexity index is 635. The maximum Gasteiger partial charge on any atom is 0.280 e. The number of nitrogens with one attached hydrogen (secondary N) is 1. The highest BCUT2D eigenvalue weighted by atomic mass is 16.3. The summed E-state index contributed by atoms with van der Waals surface area (Å²) in [5, 5.41) is 18.5. The number of nitrogen functional groups attached to an aromatic ring is 1. The second kappa shape index (κ2) is 4.98. The van der Waals surface area contributed by atoms with E-state index in [0.29, 0.717) is 18.6 Å². The number of aliphatic hydroxyl groups is 2. The van der Waals surface area contributed by atoms with Gasteiger partial charge in [0.1, 0.15) is 0 Å². The van der Waals surface area contributed by atoms with Crippen molar-refractivity contribution in [2.24, 2.45) is 5.41 Å². The minimum Gasteiger partial charge on any atom is -0.396 e. The molecule has 104 valence electrons. The largest absolute Gasteiger partial charge is 0.396 e. The molecule has 2 heterocycles. The molecule has 0 aliphatic carbocycles. The van der Waals surface area contributed by atoms with Gasteiger partial charge in [0, 0.05) is 18.6 Å². The fourth-order valence-corrected chi connectivity index (χ4v) is 1.98. The maximum atomic E-state index is 11.6. The van der Waals surface area contributed by atoms with Gasteiger partial charge in [0.15, 0.2) is 11.2 Å². The average molecular weight is 267 g/mol. The smallest absolute Gasteiger partial charge is 0.280 e. The number of nitrogens with two attached hydrogens (primary N) is 1. The van der Waals surface area contributed by atoms with Crippen molar-refractivity contribution in [1.82, 2.24) is 19.5 Å². The van der Waals surface area contributed by atoms with Crippen molar-refractivity contribution < 1.29 is 10.2 Å². The van der Waals surface area contributed by atoms with E-state index < -0.39 is 11.0 Å². The Morgan fingerprint density at radius 3 is 2.89 bits per heavy atom. The molecule has 0 aromatic carbocycles. The van der Waals surface area contributed by atoms with E-state index in [-0.39, 0.29) is 24.7 Å². The molecule has 5 N–H and O–H groups in total. The van der Waals surface area contributed by atoms with Gasteiger partial charge < -0.3 is 20.5 Å². The van der Waals surface area contributed by atoms with Gasteiger partial charge in [-0.25, -0.2) is 4.98 Å². The molecule has 0 unspecified atom stereocenters. The number of nitrogens with zero attached hydrogens (tertiary/aromatic N) is 3. The molecule has 0 bridgehead atoms. The van der Waals surface area contributed by atoms with Crippen LogP contribution in [0.15, 0.2) is 11.1 Å². The van der Waals surface area contributed by atoms with E-state index in [9.17, 15) is 9.90 Å². The lowest BCUT2D eigenvalue weighted by molar-refractivity contribution is 0.0909. The van der Waals surface area contributed by atoms with Crippen molar-refractivity contribution in [3.05, 3.63) is 16.7 Å². The molecule has 8 nitrogen and oxygen atoms in total. The van der Waals surface area contributed by atoms with Crippen LogP contribution in [0, 0.1) is 5.41 Å². The zero-order valence-electron chi connectivity index (χ0n) is 10.6. The molecule has 0 radical (unpaired) electrons. The number of rotatable bonds is 5. The van der Waals surface area contributed by atoms with Crippen LogP contribution in [0.25, 0.3) is 11.2 Å². The molecular formula is C11H17N5O3. The van der Waals surface area contributed by atoms with Gasteiger partial charge in [-0.3, -0.25) is 9.78 Å². The number of hydrogen-bond donors (Lipinski definition) is 4. The average Bonchev–Trinajstić information content (AvgIpc) is 2.73. The second-order valence-electron chi connectivity index (χ2n) is 4.94. The zero-order chi connectivity index (χ0) is 14.0. The second-order valence-corrected chi connectivity index (χ2v) is 4.94. The van der Waals surface area contributed by atoms with Crippen LogP contribution in [-0.4, -0.2) is 42.9 Å². The van der Waals surface area contributed by atoms with Gasteiger partial charge in [0.2, 0.25) is 5.95 Å². The summed E-state index contributed by atoms with van der Waals surface area (Å²) in [4.78, 5) is 22.1. The van der Waals surface area contributed by atoms with Gasteiger partial charge in [0.05, 0.1) is 12.9 Å². The number of aliphatic hydroxyl groups excluding tert-OH is 2. The van der Waals surface area contributed by atoms with Crippen LogP contribution in [0.5, 0.6) is 0 Å². The van der Waals surface area contributed by atoms with Crippen LogP contribution in [0.3, 0.4) is 0 Å². The predicted molar refractivity (Wildman–Crippen MR) is 69.5 cm³/mol. The normalized spacial score (nSPS) is 14.7. The van der Waals surface area contributed by atoms with E-state index in [1.165, 1.54) is 6.33 Å². The molecule has 0 aliphatic rings. The first kappa shape index (κ1) is 13.5. The van der Waals surface area contributed by atoms with Crippen LogP contribution in [0.1, 0.15) is 13.3 Å². The number of imidazole rings is 1. The van der Waals surface area contributed by atoms with Crippen molar-refractivity contribution in [2.45, 2.75) is 19.9 Å². The molecule has 2 aromatic rings. The summed E-state index contributed by atoms with van der Waals surface area (Å²) in [6, 6.07) is 0. The summed E-state index contributed by atoms with van der Waals surface area (Å²) >= 11 is 0. The first-order valence-electron chi connectivity index (χ1n) is 5.91. The van der Waals surface area contributed by atoms with Crippen LogP contribution in [-0.2, 0) is 6.54 Å². The number of anilines is 1. The lowest BCUT2D eigenvalue weighted by Crippen LogP contribution is -2.28. The predicted octanol–water partition coefficient (Wildman–Crippen LogP) is -0.917. The van der Waals surface area contributed by atoms with E-state index in [1.54, 1.807) is 4.57 Å². The van der Waals surface area contributed by atoms with Gasteiger partial charge >= 0.3 is 0 Å². The summed E-state index contributed by atoms with van der Waals surface area (Å²) in [5.41, 5.74) is 5.18.